The molecule has 0 atom stereocenters. The van der Waals surface area contributed by atoms with Crippen molar-refractivity contribution in [1.29, 1.82) is 0 Å². The van der Waals surface area contributed by atoms with Gasteiger partial charge in [-0.2, -0.15) is 13.2 Å². The topological polar surface area (TPSA) is 122 Å². The molecule has 0 spiro atoms. The first-order valence-corrected chi connectivity index (χ1v) is 10.3. The van der Waals surface area contributed by atoms with Crippen molar-refractivity contribution >= 4 is 38.3 Å². The molecule has 0 bridgehead atoms. The van der Waals surface area contributed by atoms with Crippen molar-refractivity contribution in [2.75, 3.05) is 18.6 Å². The summed E-state index contributed by atoms with van der Waals surface area (Å²) in [6, 6.07) is 1.71. The summed E-state index contributed by atoms with van der Waals surface area (Å²) in [5, 5.41) is -0.120. The molecule has 14 heteroatoms. The Morgan fingerprint density at radius 1 is 1.27 bits per heavy atom. The van der Waals surface area contributed by atoms with Crippen molar-refractivity contribution in [2.45, 2.75) is 18.0 Å². The summed E-state index contributed by atoms with van der Waals surface area (Å²) in [6.45, 7) is 1.39. The number of sulfone groups is 1. The van der Waals surface area contributed by atoms with E-state index in [0.29, 0.717) is 6.07 Å². The van der Waals surface area contributed by atoms with Gasteiger partial charge >= 0.3 is 11.7 Å². The summed E-state index contributed by atoms with van der Waals surface area (Å²) < 4.78 is 66.3. The quantitative estimate of drug-likeness (QED) is 0.624. The number of rotatable bonds is 4. The minimum atomic E-state index is -4.90. The number of nitrogen functional groups attached to an aromatic ring is 1. The van der Waals surface area contributed by atoms with Gasteiger partial charge in [-0.1, -0.05) is 18.5 Å². The number of pyridine rings is 2. The third-order valence-corrected chi connectivity index (χ3v) is 6.41. The molecule has 0 radical (unpaired) electrons. The summed E-state index contributed by atoms with van der Waals surface area (Å²) in [6.07, 6.45) is -4.90. The van der Waals surface area contributed by atoms with Crippen LogP contribution in [0, 0.1) is 0 Å². The number of aryl methyl sites for hydroxylation is 1. The van der Waals surface area contributed by atoms with E-state index in [4.69, 9.17) is 17.3 Å². The highest BCUT2D eigenvalue weighted by molar-refractivity contribution is 7.91. The van der Waals surface area contributed by atoms with E-state index >= 15 is 0 Å². The van der Waals surface area contributed by atoms with Gasteiger partial charge in [0.05, 0.1) is 21.2 Å². The molecule has 0 aliphatic heterocycles. The molecule has 0 saturated carbocycles. The molecule has 2 N–H and O–H groups in total. The van der Waals surface area contributed by atoms with Crippen molar-refractivity contribution in [3.05, 3.63) is 33.2 Å². The maximum absolute atomic E-state index is 13.3. The van der Waals surface area contributed by atoms with Crippen LogP contribution in [-0.4, -0.2) is 40.5 Å². The van der Waals surface area contributed by atoms with E-state index in [1.807, 2.05) is 0 Å². The van der Waals surface area contributed by atoms with Crippen LogP contribution in [0.25, 0.3) is 22.6 Å². The standard InChI is InChI=1S/C16H15ClF3N5O4S/c1-4-30(27,28)9-5-7(17)13(21)23-11(9)14-22-8-6-10(16(18,19)20)25(29-3)15(26)12(8)24(14)2/h5-6H,4H2,1-3H3,(H2,21,23). The van der Waals surface area contributed by atoms with Crippen molar-refractivity contribution in [2.24, 2.45) is 7.05 Å². The lowest BCUT2D eigenvalue weighted by molar-refractivity contribution is -0.151. The van der Waals surface area contributed by atoms with E-state index < -0.39 is 27.3 Å². The summed E-state index contributed by atoms with van der Waals surface area (Å²) in [4.78, 5) is 25.0. The second-order valence-electron chi connectivity index (χ2n) is 6.14. The van der Waals surface area contributed by atoms with Crippen LogP contribution in [0.3, 0.4) is 0 Å². The smallest absolute Gasteiger partial charge is 0.413 e. The highest BCUT2D eigenvalue weighted by atomic mass is 35.5. The maximum atomic E-state index is 13.3. The molecule has 162 valence electrons. The average molecular weight is 466 g/mol. The molecule has 3 aromatic rings. The molecular weight excluding hydrogens is 451 g/mol. The van der Waals surface area contributed by atoms with Gasteiger partial charge in [-0.05, 0) is 12.1 Å². The van der Waals surface area contributed by atoms with Crippen LogP contribution in [0.2, 0.25) is 5.02 Å². The monoisotopic (exact) mass is 465 g/mol. The van der Waals surface area contributed by atoms with Gasteiger partial charge < -0.3 is 15.1 Å². The van der Waals surface area contributed by atoms with Gasteiger partial charge in [-0.25, -0.2) is 18.4 Å². The predicted octanol–water partition coefficient (Wildman–Crippen LogP) is 1.90. The summed E-state index contributed by atoms with van der Waals surface area (Å²) in [7, 11) is -1.63. The Kier molecular flexibility index (Phi) is 5.23. The highest BCUT2D eigenvalue weighted by Gasteiger charge is 2.37. The Bertz CT molecular complexity index is 1330. The van der Waals surface area contributed by atoms with Crippen molar-refractivity contribution in [3.8, 4) is 11.5 Å². The highest BCUT2D eigenvalue weighted by Crippen LogP contribution is 2.34. The lowest BCUT2D eigenvalue weighted by Crippen LogP contribution is -2.32. The van der Waals surface area contributed by atoms with E-state index in [-0.39, 0.29) is 48.8 Å². The van der Waals surface area contributed by atoms with Gasteiger partial charge in [0.2, 0.25) is 0 Å². The van der Waals surface area contributed by atoms with E-state index in [1.165, 1.54) is 14.0 Å². The van der Waals surface area contributed by atoms with Crippen LogP contribution in [0.5, 0.6) is 0 Å². The molecule has 0 aliphatic rings. The molecule has 0 aliphatic carbocycles. The zero-order chi connectivity index (χ0) is 22.6. The second-order valence-corrected chi connectivity index (χ2v) is 8.80. The van der Waals surface area contributed by atoms with Crippen LogP contribution < -0.4 is 16.1 Å². The number of fused-ring (bicyclic) bond motifs is 1. The summed E-state index contributed by atoms with van der Waals surface area (Å²) >= 11 is 5.92. The molecule has 0 aromatic carbocycles. The molecule has 0 saturated heterocycles. The van der Waals surface area contributed by atoms with Gasteiger partial charge in [0.25, 0.3) is 0 Å². The zero-order valence-electron chi connectivity index (χ0n) is 15.8. The van der Waals surface area contributed by atoms with Gasteiger partial charge in [0.15, 0.2) is 21.4 Å². The number of imidazole rings is 1. The fourth-order valence-corrected chi connectivity index (χ4v) is 4.15. The van der Waals surface area contributed by atoms with Crippen molar-refractivity contribution in [1.82, 2.24) is 19.3 Å². The fourth-order valence-electron chi connectivity index (χ4n) is 2.90. The molecule has 3 rings (SSSR count). The number of alkyl halides is 3. The number of nitrogens with two attached hydrogens (primary N) is 1. The lowest BCUT2D eigenvalue weighted by Gasteiger charge is -2.13. The normalized spacial score (nSPS) is 12.5. The third kappa shape index (κ3) is 3.37. The summed E-state index contributed by atoms with van der Waals surface area (Å²) in [5.41, 5.74) is 2.37. The number of nitrogens with zero attached hydrogens (tertiary/aromatic N) is 4. The number of halogens is 4. The third-order valence-electron chi connectivity index (χ3n) is 4.37. The van der Waals surface area contributed by atoms with Gasteiger partial charge in [0, 0.05) is 7.05 Å². The number of hydrogen-bond donors (Lipinski definition) is 1. The van der Waals surface area contributed by atoms with Crippen LogP contribution in [0.1, 0.15) is 12.6 Å². The number of aromatic nitrogens is 4. The number of anilines is 1. The van der Waals surface area contributed by atoms with Crippen LogP contribution >= 0.6 is 11.6 Å². The Labute approximate surface area is 172 Å². The second kappa shape index (κ2) is 7.16. The lowest BCUT2D eigenvalue weighted by atomic mass is 10.3. The van der Waals surface area contributed by atoms with Gasteiger partial charge in [-0.15, -0.1) is 4.73 Å². The Balaban J connectivity index is 2.46. The predicted molar refractivity (Wildman–Crippen MR) is 103 cm³/mol. The Morgan fingerprint density at radius 3 is 2.43 bits per heavy atom. The summed E-state index contributed by atoms with van der Waals surface area (Å²) in [5.74, 6) is -0.695. The van der Waals surface area contributed by atoms with E-state index in [1.54, 1.807) is 0 Å². The minimum absolute atomic E-state index is 0.0845. The van der Waals surface area contributed by atoms with Crippen molar-refractivity contribution < 1.29 is 26.4 Å². The van der Waals surface area contributed by atoms with E-state index in [9.17, 15) is 26.4 Å². The van der Waals surface area contributed by atoms with E-state index in [2.05, 4.69) is 14.8 Å². The Morgan fingerprint density at radius 2 is 1.90 bits per heavy atom. The molecule has 9 nitrogen and oxygen atoms in total. The van der Waals surface area contributed by atoms with Crippen LogP contribution in [-0.2, 0) is 23.1 Å². The SMILES string of the molecule is CCS(=O)(=O)c1cc(Cl)c(N)nc1-c1nc2cc(C(F)(F)F)n(OC)c(=O)c2n1C. The first-order chi connectivity index (χ1) is 13.8. The molecule has 0 fully saturated rings. The first kappa shape index (κ1) is 21.9. The van der Waals surface area contributed by atoms with E-state index in [0.717, 1.165) is 17.7 Å². The Hall–Kier alpha value is -2.80. The molecule has 3 heterocycles. The molecule has 0 amide bonds. The maximum Gasteiger partial charge on any atom is 0.435 e. The number of hydrogen-bond acceptors (Lipinski definition) is 7. The zero-order valence-corrected chi connectivity index (χ0v) is 17.4. The van der Waals surface area contributed by atoms with Gasteiger partial charge in [0.1, 0.15) is 24.1 Å². The first-order valence-electron chi connectivity index (χ1n) is 8.26. The molecular formula is C16H15ClF3N5O4S. The largest absolute Gasteiger partial charge is 0.435 e. The average Bonchev–Trinajstić information content (AvgIpc) is 2.99. The molecule has 3 aromatic heterocycles. The van der Waals surface area contributed by atoms with Crippen LogP contribution in [0.15, 0.2) is 21.8 Å². The molecule has 30 heavy (non-hydrogen) atoms. The van der Waals surface area contributed by atoms with Crippen LogP contribution in [0.4, 0.5) is 19.0 Å². The van der Waals surface area contributed by atoms with Crippen molar-refractivity contribution in [3.63, 3.8) is 0 Å². The molecule has 0 unspecified atom stereocenters. The fraction of sp³-hybridized carbons (Fsp3) is 0.312. The van der Waals surface area contributed by atoms with Gasteiger partial charge in [-0.3, -0.25) is 4.79 Å². The minimum Gasteiger partial charge on any atom is -0.413 e.